The number of aliphatic carboxylic acids is 1. The van der Waals surface area contributed by atoms with Gasteiger partial charge in [0.25, 0.3) is 5.91 Å². The molecule has 0 saturated carbocycles. The summed E-state index contributed by atoms with van der Waals surface area (Å²) in [5, 5.41) is 9.55. The molecule has 0 aliphatic rings. The number of para-hydroxylation sites is 1. The van der Waals surface area contributed by atoms with Gasteiger partial charge in [-0.25, -0.2) is 4.79 Å². The number of benzene rings is 1. The maximum atomic E-state index is 12.5. The summed E-state index contributed by atoms with van der Waals surface area (Å²) in [6.45, 7) is 1.78. The molecule has 116 valence electrons. The molecule has 0 atom stereocenters. The van der Waals surface area contributed by atoms with Gasteiger partial charge in [-0.1, -0.05) is 31.5 Å². The van der Waals surface area contributed by atoms with Crippen molar-refractivity contribution < 1.29 is 19.1 Å². The molecule has 0 radical (unpaired) electrons. The van der Waals surface area contributed by atoms with Crippen molar-refractivity contribution >= 4 is 22.8 Å². The molecule has 0 aliphatic carbocycles. The number of amides is 1. The predicted octanol–water partition coefficient (Wildman–Crippen LogP) is 2.12. The van der Waals surface area contributed by atoms with Crippen molar-refractivity contribution in [2.24, 2.45) is 0 Å². The van der Waals surface area contributed by atoms with Gasteiger partial charge in [0, 0.05) is 11.9 Å². The molecule has 6 heteroatoms. The summed E-state index contributed by atoms with van der Waals surface area (Å²) in [5.74, 6) is -1.73. The van der Waals surface area contributed by atoms with Gasteiger partial charge in [-0.2, -0.15) is 0 Å². The Balaban J connectivity index is 2.38. The van der Waals surface area contributed by atoms with Crippen LogP contribution >= 0.6 is 0 Å². The summed E-state index contributed by atoms with van der Waals surface area (Å²) in [6.07, 6.45) is 1.48. The molecule has 0 saturated heterocycles. The predicted molar refractivity (Wildman–Crippen MR) is 80.9 cm³/mol. The number of fused-ring (bicyclic) bond motifs is 1. The Morgan fingerprint density at radius 2 is 2.00 bits per heavy atom. The van der Waals surface area contributed by atoms with Crippen LogP contribution in [0.4, 0.5) is 0 Å². The van der Waals surface area contributed by atoms with E-state index >= 15 is 0 Å². The lowest BCUT2D eigenvalue weighted by molar-refractivity contribution is -0.137. The number of hydrogen-bond acceptors (Lipinski definition) is 4. The summed E-state index contributed by atoms with van der Waals surface area (Å²) in [5.41, 5.74) is -0.506. The molecule has 1 amide bonds. The van der Waals surface area contributed by atoms with E-state index in [1.54, 1.807) is 24.3 Å². The second kappa shape index (κ2) is 6.89. The monoisotopic (exact) mass is 303 g/mol. The van der Waals surface area contributed by atoms with Crippen molar-refractivity contribution in [3.63, 3.8) is 0 Å². The van der Waals surface area contributed by atoms with Gasteiger partial charge in [0.2, 0.25) is 0 Å². The number of unbranched alkanes of at least 4 members (excludes halogenated alkanes) is 1. The standard InChI is InChI=1S/C16H17NO5/c1-2-3-8-17(10-14(18)19)15(20)12-9-11-6-4-5-7-13(11)22-16(12)21/h4-7,9H,2-3,8,10H2,1H3,(H,18,19). The number of nitrogens with zero attached hydrogens (tertiary/aromatic N) is 1. The molecule has 1 N–H and O–H groups in total. The molecule has 22 heavy (non-hydrogen) atoms. The van der Waals surface area contributed by atoms with Gasteiger partial charge >= 0.3 is 11.6 Å². The summed E-state index contributed by atoms with van der Waals surface area (Å²) >= 11 is 0. The fourth-order valence-electron chi connectivity index (χ4n) is 2.15. The third-order valence-corrected chi connectivity index (χ3v) is 3.27. The van der Waals surface area contributed by atoms with E-state index < -0.39 is 24.0 Å². The van der Waals surface area contributed by atoms with Gasteiger partial charge in [0.1, 0.15) is 17.7 Å². The lowest BCUT2D eigenvalue weighted by Gasteiger charge is -2.19. The molecule has 0 bridgehead atoms. The molecule has 2 aromatic rings. The van der Waals surface area contributed by atoms with Crippen LogP contribution in [-0.4, -0.2) is 35.0 Å². The van der Waals surface area contributed by atoms with E-state index in [1.165, 1.54) is 6.07 Å². The normalized spacial score (nSPS) is 10.6. The molecule has 0 fully saturated rings. The average molecular weight is 303 g/mol. The Morgan fingerprint density at radius 1 is 1.27 bits per heavy atom. The first kappa shape index (κ1) is 15.8. The number of carbonyl (C=O) groups excluding carboxylic acids is 1. The van der Waals surface area contributed by atoms with Crippen LogP contribution in [0.3, 0.4) is 0 Å². The van der Waals surface area contributed by atoms with E-state index in [0.717, 1.165) is 11.3 Å². The van der Waals surface area contributed by atoms with E-state index in [9.17, 15) is 14.4 Å². The molecular formula is C16H17NO5. The third-order valence-electron chi connectivity index (χ3n) is 3.27. The number of carbonyl (C=O) groups is 2. The number of carboxylic acid groups (broad SMARTS) is 1. The minimum atomic E-state index is -1.12. The van der Waals surface area contributed by atoms with Crippen molar-refractivity contribution in [1.82, 2.24) is 4.90 Å². The molecule has 2 rings (SSSR count). The van der Waals surface area contributed by atoms with Crippen molar-refractivity contribution in [2.45, 2.75) is 19.8 Å². The first-order chi connectivity index (χ1) is 10.5. The van der Waals surface area contributed by atoms with E-state index in [-0.39, 0.29) is 12.1 Å². The first-order valence-corrected chi connectivity index (χ1v) is 7.07. The Labute approximate surface area is 127 Å². The largest absolute Gasteiger partial charge is 0.480 e. The van der Waals surface area contributed by atoms with Crippen molar-refractivity contribution in [3.05, 3.63) is 46.3 Å². The number of hydrogen-bond donors (Lipinski definition) is 1. The van der Waals surface area contributed by atoms with Gasteiger partial charge in [0.15, 0.2) is 0 Å². The first-order valence-electron chi connectivity index (χ1n) is 7.07. The topological polar surface area (TPSA) is 87.8 Å². The Kier molecular flexibility index (Phi) is 4.93. The number of rotatable bonds is 6. The van der Waals surface area contributed by atoms with Crippen LogP contribution in [-0.2, 0) is 4.79 Å². The Bertz CT molecular complexity index is 750. The maximum Gasteiger partial charge on any atom is 0.349 e. The second-order valence-electron chi connectivity index (χ2n) is 4.96. The minimum absolute atomic E-state index is 0.143. The third kappa shape index (κ3) is 3.52. The molecule has 6 nitrogen and oxygen atoms in total. The lowest BCUT2D eigenvalue weighted by Crippen LogP contribution is -2.38. The molecule has 0 spiro atoms. The van der Waals surface area contributed by atoms with Crippen LogP contribution in [0.25, 0.3) is 11.0 Å². The van der Waals surface area contributed by atoms with E-state index in [0.29, 0.717) is 17.4 Å². The van der Waals surface area contributed by atoms with Crippen LogP contribution in [0.1, 0.15) is 30.1 Å². The Hall–Kier alpha value is -2.63. The van der Waals surface area contributed by atoms with Crippen molar-refractivity contribution in [2.75, 3.05) is 13.1 Å². The van der Waals surface area contributed by atoms with Crippen molar-refractivity contribution in [1.29, 1.82) is 0 Å². The zero-order valence-corrected chi connectivity index (χ0v) is 12.2. The maximum absolute atomic E-state index is 12.5. The van der Waals surface area contributed by atoms with Crippen LogP contribution < -0.4 is 5.63 Å². The van der Waals surface area contributed by atoms with E-state index in [4.69, 9.17) is 9.52 Å². The average Bonchev–Trinajstić information content (AvgIpc) is 2.49. The van der Waals surface area contributed by atoms with Crippen LogP contribution in [0.15, 0.2) is 39.5 Å². The van der Waals surface area contributed by atoms with E-state index in [2.05, 4.69) is 0 Å². The molecular weight excluding hydrogens is 286 g/mol. The SMILES string of the molecule is CCCCN(CC(=O)O)C(=O)c1cc2ccccc2oc1=O. The molecule has 0 unspecified atom stereocenters. The zero-order chi connectivity index (χ0) is 16.1. The fourth-order valence-corrected chi connectivity index (χ4v) is 2.15. The summed E-state index contributed by atoms with van der Waals surface area (Å²) < 4.78 is 5.12. The summed E-state index contributed by atoms with van der Waals surface area (Å²) in [4.78, 5) is 36.5. The van der Waals surface area contributed by atoms with E-state index in [1.807, 2.05) is 6.92 Å². The van der Waals surface area contributed by atoms with Gasteiger partial charge in [-0.05, 0) is 18.6 Å². The van der Waals surface area contributed by atoms with Gasteiger partial charge in [-0.15, -0.1) is 0 Å². The highest BCUT2D eigenvalue weighted by Gasteiger charge is 2.22. The van der Waals surface area contributed by atoms with Crippen LogP contribution in [0.5, 0.6) is 0 Å². The second-order valence-corrected chi connectivity index (χ2v) is 4.96. The molecule has 1 aromatic carbocycles. The Morgan fingerprint density at radius 3 is 2.68 bits per heavy atom. The summed E-state index contributed by atoms with van der Waals surface area (Å²) in [6, 6.07) is 8.30. The lowest BCUT2D eigenvalue weighted by atomic mass is 10.1. The van der Waals surface area contributed by atoms with Crippen molar-refractivity contribution in [3.8, 4) is 0 Å². The minimum Gasteiger partial charge on any atom is -0.480 e. The molecule has 1 aromatic heterocycles. The number of carboxylic acids is 1. The molecule has 0 aliphatic heterocycles. The smallest absolute Gasteiger partial charge is 0.349 e. The highest BCUT2D eigenvalue weighted by Crippen LogP contribution is 2.14. The van der Waals surface area contributed by atoms with Crippen LogP contribution in [0, 0.1) is 0 Å². The fraction of sp³-hybridized carbons (Fsp3) is 0.312. The zero-order valence-electron chi connectivity index (χ0n) is 12.2. The quantitative estimate of drug-likeness (QED) is 0.826. The van der Waals surface area contributed by atoms with Crippen LogP contribution in [0.2, 0.25) is 0 Å². The van der Waals surface area contributed by atoms with Gasteiger partial charge in [-0.3, -0.25) is 9.59 Å². The van der Waals surface area contributed by atoms with Gasteiger partial charge < -0.3 is 14.4 Å². The van der Waals surface area contributed by atoms with Gasteiger partial charge in [0.05, 0.1) is 0 Å². The molecule has 1 heterocycles. The highest BCUT2D eigenvalue weighted by molar-refractivity contribution is 5.97. The highest BCUT2D eigenvalue weighted by atomic mass is 16.4. The summed E-state index contributed by atoms with van der Waals surface area (Å²) in [7, 11) is 0.